The maximum Gasteiger partial charge on any atom is 0.188 e. The fourth-order valence-electron chi connectivity index (χ4n) is 1.63. The number of para-hydroxylation sites is 1. The standard InChI is InChI=1S/C15H22O3S/c1-11(2)13-6-5-7-14(15(13)18-10-17-4)19-9-12(3)8-16/h5-8,11-12H,9-10H2,1-4H3. The lowest BCUT2D eigenvalue weighted by molar-refractivity contribution is -0.110. The minimum absolute atomic E-state index is 0.0444. The van der Waals surface area contributed by atoms with Crippen LogP contribution in [0.25, 0.3) is 0 Å². The van der Waals surface area contributed by atoms with Gasteiger partial charge in [-0.1, -0.05) is 32.9 Å². The maximum absolute atomic E-state index is 10.7. The summed E-state index contributed by atoms with van der Waals surface area (Å²) in [6.07, 6.45) is 0.981. The molecule has 0 saturated heterocycles. The molecule has 1 unspecified atom stereocenters. The lowest BCUT2D eigenvalue weighted by Crippen LogP contribution is -2.05. The molecule has 1 aromatic rings. The smallest absolute Gasteiger partial charge is 0.188 e. The van der Waals surface area contributed by atoms with Crippen molar-refractivity contribution in [3.8, 4) is 5.75 Å². The van der Waals surface area contributed by atoms with Crippen molar-refractivity contribution in [1.29, 1.82) is 0 Å². The van der Waals surface area contributed by atoms with Crippen molar-refractivity contribution in [2.45, 2.75) is 31.6 Å². The molecule has 0 amide bonds. The van der Waals surface area contributed by atoms with E-state index in [0.717, 1.165) is 22.7 Å². The first-order valence-electron chi connectivity index (χ1n) is 6.42. The van der Waals surface area contributed by atoms with E-state index < -0.39 is 0 Å². The Kier molecular flexibility index (Phi) is 6.95. The number of carbonyl (C=O) groups is 1. The average molecular weight is 282 g/mol. The van der Waals surface area contributed by atoms with Gasteiger partial charge in [0.05, 0.1) is 0 Å². The molecule has 0 N–H and O–H groups in total. The van der Waals surface area contributed by atoms with Gasteiger partial charge in [0.1, 0.15) is 12.0 Å². The molecule has 106 valence electrons. The van der Waals surface area contributed by atoms with Crippen molar-refractivity contribution < 1.29 is 14.3 Å². The topological polar surface area (TPSA) is 35.5 Å². The van der Waals surface area contributed by atoms with Crippen molar-refractivity contribution >= 4 is 18.0 Å². The number of carbonyl (C=O) groups excluding carboxylic acids is 1. The molecule has 1 rings (SSSR count). The summed E-state index contributed by atoms with van der Waals surface area (Å²) < 4.78 is 10.7. The maximum atomic E-state index is 10.7. The van der Waals surface area contributed by atoms with Gasteiger partial charge in [-0.05, 0) is 17.5 Å². The molecule has 1 atom stereocenters. The van der Waals surface area contributed by atoms with Crippen molar-refractivity contribution in [3.05, 3.63) is 23.8 Å². The van der Waals surface area contributed by atoms with Gasteiger partial charge in [-0.15, -0.1) is 11.8 Å². The van der Waals surface area contributed by atoms with Crippen LogP contribution in [0, 0.1) is 5.92 Å². The largest absolute Gasteiger partial charge is 0.466 e. The minimum atomic E-state index is 0.0444. The predicted octanol–water partition coefficient (Wildman–Crippen LogP) is 3.72. The van der Waals surface area contributed by atoms with E-state index in [-0.39, 0.29) is 12.7 Å². The van der Waals surface area contributed by atoms with Crippen molar-refractivity contribution in [2.75, 3.05) is 19.7 Å². The van der Waals surface area contributed by atoms with E-state index in [1.54, 1.807) is 18.9 Å². The average Bonchev–Trinajstić information content (AvgIpc) is 2.42. The summed E-state index contributed by atoms with van der Waals surface area (Å²) in [5.41, 5.74) is 1.17. The third kappa shape index (κ3) is 4.88. The number of rotatable bonds is 8. The number of thioether (sulfide) groups is 1. The number of ether oxygens (including phenoxy) is 2. The molecule has 1 aromatic carbocycles. The van der Waals surface area contributed by atoms with Crippen LogP contribution in [0.1, 0.15) is 32.3 Å². The highest BCUT2D eigenvalue weighted by Crippen LogP contribution is 2.37. The lowest BCUT2D eigenvalue weighted by atomic mass is 10.0. The van der Waals surface area contributed by atoms with Crippen LogP contribution in [0.3, 0.4) is 0 Å². The highest BCUT2D eigenvalue weighted by atomic mass is 32.2. The van der Waals surface area contributed by atoms with Crippen LogP contribution >= 0.6 is 11.8 Å². The van der Waals surface area contributed by atoms with Crippen LogP contribution < -0.4 is 4.74 Å². The molecule has 0 aliphatic heterocycles. The van der Waals surface area contributed by atoms with Gasteiger partial charge in [0.25, 0.3) is 0 Å². The van der Waals surface area contributed by atoms with Crippen molar-refractivity contribution in [1.82, 2.24) is 0 Å². The number of aldehydes is 1. The van der Waals surface area contributed by atoms with Gasteiger partial charge in [-0.3, -0.25) is 0 Å². The second-order valence-corrected chi connectivity index (χ2v) is 5.87. The minimum Gasteiger partial charge on any atom is -0.466 e. The molecular weight excluding hydrogens is 260 g/mol. The molecule has 0 heterocycles. The molecule has 0 radical (unpaired) electrons. The Morgan fingerprint density at radius 3 is 2.63 bits per heavy atom. The van der Waals surface area contributed by atoms with Crippen LogP contribution in [-0.4, -0.2) is 25.9 Å². The summed E-state index contributed by atoms with van der Waals surface area (Å²) in [7, 11) is 1.61. The van der Waals surface area contributed by atoms with E-state index in [9.17, 15) is 4.79 Å². The van der Waals surface area contributed by atoms with Gasteiger partial charge < -0.3 is 14.3 Å². The molecule has 3 nitrogen and oxygen atoms in total. The van der Waals surface area contributed by atoms with Crippen molar-refractivity contribution in [2.24, 2.45) is 5.92 Å². The summed E-state index contributed by atoms with van der Waals surface area (Å²) in [4.78, 5) is 11.8. The molecule has 0 saturated carbocycles. The molecule has 0 aliphatic carbocycles. The predicted molar refractivity (Wildman–Crippen MR) is 79.0 cm³/mol. The third-order valence-electron chi connectivity index (χ3n) is 2.69. The molecule has 0 bridgehead atoms. The third-order valence-corrected chi connectivity index (χ3v) is 4.01. The molecule has 0 aromatic heterocycles. The number of methoxy groups -OCH3 is 1. The van der Waals surface area contributed by atoms with Gasteiger partial charge in [0.15, 0.2) is 6.79 Å². The van der Waals surface area contributed by atoms with Crippen LogP contribution in [0.5, 0.6) is 5.75 Å². The lowest BCUT2D eigenvalue weighted by Gasteiger charge is -2.17. The fraction of sp³-hybridized carbons (Fsp3) is 0.533. The van der Waals surface area contributed by atoms with E-state index in [1.807, 2.05) is 19.1 Å². The van der Waals surface area contributed by atoms with E-state index in [1.165, 1.54) is 5.56 Å². The highest BCUT2D eigenvalue weighted by Gasteiger charge is 2.14. The van der Waals surface area contributed by atoms with E-state index >= 15 is 0 Å². The Balaban J connectivity index is 2.93. The van der Waals surface area contributed by atoms with Crippen molar-refractivity contribution in [3.63, 3.8) is 0 Å². The second kappa shape index (κ2) is 8.23. The summed E-state index contributed by atoms with van der Waals surface area (Å²) in [5, 5.41) is 0. The molecule has 0 spiro atoms. The van der Waals surface area contributed by atoms with Gasteiger partial charge in [0, 0.05) is 23.7 Å². The Bertz CT molecular complexity index is 404. The monoisotopic (exact) mass is 282 g/mol. The van der Waals surface area contributed by atoms with E-state index in [0.29, 0.717) is 5.92 Å². The van der Waals surface area contributed by atoms with Crippen LogP contribution in [0.4, 0.5) is 0 Å². The second-order valence-electron chi connectivity index (χ2n) is 4.80. The van der Waals surface area contributed by atoms with E-state index in [2.05, 4.69) is 19.9 Å². The Morgan fingerprint density at radius 1 is 1.32 bits per heavy atom. The quantitative estimate of drug-likeness (QED) is 0.413. The SMILES string of the molecule is COCOc1c(SCC(C)C=O)cccc1C(C)C. The first-order valence-corrected chi connectivity index (χ1v) is 7.41. The molecule has 0 fully saturated rings. The van der Waals surface area contributed by atoms with Crippen LogP contribution in [0.2, 0.25) is 0 Å². The zero-order valence-corrected chi connectivity index (χ0v) is 12.8. The van der Waals surface area contributed by atoms with Crippen LogP contribution in [-0.2, 0) is 9.53 Å². The zero-order chi connectivity index (χ0) is 14.3. The first-order chi connectivity index (χ1) is 9.10. The zero-order valence-electron chi connectivity index (χ0n) is 12.0. The van der Waals surface area contributed by atoms with Gasteiger partial charge in [0.2, 0.25) is 0 Å². The molecule has 19 heavy (non-hydrogen) atoms. The van der Waals surface area contributed by atoms with E-state index in [4.69, 9.17) is 9.47 Å². The molecule has 0 aliphatic rings. The van der Waals surface area contributed by atoms with Crippen LogP contribution in [0.15, 0.2) is 23.1 Å². The number of hydrogen-bond donors (Lipinski definition) is 0. The first kappa shape index (κ1) is 16.1. The summed E-state index contributed by atoms with van der Waals surface area (Å²) in [6, 6.07) is 6.13. The summed E-state index contributed by atoms with van der Waals surface area (Å²) >= 11 is 1.65. The molecular formula is C15H22O3S. The normalized spacial score (nSPS) is 12.5. The Hall–Kier alpha value is -1.00. The molecule has 4 heteroatoms. The summed E-state index contributed by atoms with van der Waals surface area (Å²) in [5.74, 6) is 2.07. The van der Waals surface area contributed by atoms with Gasteiger partial charge >= 0.3 is 0 Å². The number of hydrogen-bond acceptors (Lipinski definition) is 4. The van der Waals surface area contributed by atoms with Gasteiger partial charge in [-0.2, -0.15) is 0 Å². The summed E-state index contributed by atoms with van der Waals surface area (Å²) in [6.45, 7) is 6.43. The fourth-order valence-corrected chi connectivity index (χ4v) is 2.64. The van der Waals surface area contributed by atoms with Gasteiger partial charge in [-0.25, -0.2) is 0 Å². The Morgan fingerprint density at radius 2 is 2.05 bits per heavy atom. The Labute approximate surface area is 119 Å². The highest BCUT2D eigenvalue weighted by molar-refractivity contribution is 7.99. The number of benzene rings is 1.